The molecule has 0 spiro atoms. The van der Waals surface area contributed by atoms with E-state index < -0.39 is 0 Å². The number of nitrogens with one attached hydrogen (secondary N) is 2. The molecule has 0 atom stereocenters. The molecule has 0 aliphatic carbocycles. The van der Waals surface area contributed by atoms with Crippen LogP contribution in [0.3, 0.4) is 0 Å². The Kier molecular flexibility index (Phi) is 4.22. The number of aromatic nitrogens is 1. The highest BCUT2D eigenvalue weighted by Gasteiger charge is 2.00. The standard InChI is InChI=1S/C12H9BrFN3S/c13-8-4-5-11(15-7-8)17-12(18)16-10-3-1-2-9(14)6-10/h1-7H,(H2,15,16,17,18). The molecule has 1 aromatic carbocycles. The first-order chi connectivity index (χ1) is 8.63. The highest BCUT2D eigenvalue weighted by Crippen LogP contribution is 2.12. The lowest BCUT2D eigenvalue weighted by molar-refractivity contribution is 0.628. The van der Waals surface area contributed by atoms with Crippen LogP contribution >= 0.6 is 28.1 Å². The topological polar surface area (TPSA) is 37.0 Å². The van der Waals surface area contributed by atoms with Gasteiger partial charge in [0.05, 0.1) is 0 Å². The fraction of sp³-hybridized carbons (Fsp3) is 0. The third kappa shape index (κ3) is 3.75. The molecular weight excluding hydrogens is 317 g/mol. The second kappa shape index (κ2) is 5.88. The van der Waals surface area contributed by atoms with Gasteiger partial charge in [-0.25, -0.2) is 9.37 Å². The van der Waals surface area contributed by atoms with E-state index in [9.17, 15) is 4.39 Å². The Morgan fingerprint density at radius 2 is 2.06 bits per heavy atom. The van der Waals surface area contributed by atoms with Crippen molar-refractivity contribution in [3.63, 3.8) is 0 Å². The van der Waals surface area contributed by atoms with Crippen molar-refractivity contribution < 1.29 is 4.39 Å². The predicted octanol–water partition coefficient (Wildman–Crippen LogP) is 3.79. The van der Waals surface area contributed by atoms with E-state index in [1.807, 2.05) is 6.07 Å². The molecule has 1 heterocycles. The number of benzene rings is 1. The van der Waals surface area contributed by atoms with Crippen molar-refractivity contribution in [3.8, 4) is 0 Å². The van der Waals surface area contributed by atoms with Crippen molar-refractivity contribution in [2.45, 2.75) is 0 Å². The summed E-state index contributed by atoms with van der Waals surface area (Å²) in [4.78, 5) is 4.12. The van der Waals surface area contributed by atoms with Crippen molar-refractivity contribution in [3.05, 3.63) is 52.9 Å². The van der Waals surface area contributed by atoms with E-state index in [4.69, 9.17) is 12.2 Å². The van der Waals surface area contributed by atoms with Gasteiger partial charge in [-0.3, -0.25) is 0 Å². The van der Waals surface area contributed by atoms with Crippen LogP contribution in [-0.4, -0.2) is 10.1 Å². The van der Waals surface area contributed by atoms with Crippen molar-refractivity contribution >= 4 is 44.8 Å². The van der Waals surface area contributed by atoms with Gasteiger partial charge in [0.25, 0.3) is 0 Å². The van der Waals surface area contributed by atoms with Crippen molar-refractivity contribution in [1.82, 2.24) is 4.98 Å². The smallest absolute Gasteiger partial charge is 0.176 e. The largest absolute Gasteiger partial charge is 0.332 e. The van der Waals surface area contributed by atoms with Crippen molar-refractivity contribution in [1.29, 1.82) is 0 Å². The Hall–Kier alpha value is -1.53. The average molecular weight is 326 g/mol. The summed E-state index contributed by atoms with van der Waals surface area (Å²) >= 11 is 8.39. The van der Waals surface area contributed by atoms with Gasteiger partial charge in [-0.05, 0) is 58.5 Å². The zero-order valence-electron chi connectivity index (χ0n) is 9.15. The molecule has 2 N–H and O–H groups in total. The van der Waals surface area contributed by atoms with Crippen LogP contribution in [0.15, 0.2) is 47.1 Å². The average Bonchev–Trinajstić information content (AvgIpc) is 2.32. The molecule has 2 rings (SSSR count). The van der Waals surface area contributed by atoms with E-state index >= 15 is 0 Å². The monoisotopic (exact) mass is 325 g/mol. The van der Waals surface area contributed by atoms with E-state index in [0.717, 1.165) is 4.47 Å². The Morgan fingerprint density at radius 3 is 2.72 bits per heavy atom. The third-order valence-corrected chi connectivity index (χ3v) is 2.72. The molecule has 0 bridgehead atoms. The Bertz CT molecular complexity index is 560. The minimum atomic E-state index is -0.315. The van der Waals surface area contributed by atoms with E-state index in [-0.39, 0.29) is 5.82 Å². The summed E-state index contributed by atoms with van der Waals surface area (Å²) < 4.78 is 13.9. The lowest BCUT2D eigenvalue weighted by Gasteiger charge is -2.09. The lowest BCUT2D eigenvalue weighted by atomic mass is 10.3. The molecule has 18 heavy (non-hydrogen) atoms. The van der Waals surface area contributed by atoms with Gasteiger partial charge in [0.15, 0.2) is 5.11 Å². The third-order valence-electron chi connectivity index (χ3n) is 2.05. The minimum absolute atomic E-state index is 0.315. The zero-order chi connectivity index (χ0) is 13.0. The molecular formula is C12H9BrFN3S. The molecule has 0 fully saturated rings. The van der Waals surface area contributed by atoms with Crippen LogP contribution in [0.2, 0.25) is 0 Å². The number of pyridine rings is 1. The van der Waals surface area contributed by atoms with E-state index in [2.05, 4.69) is 31.5 Å². The maximum absolute atomic E-state index is 13.0. The number of hydrogen-bond donors (Lipinski definition) is 2. The van der Waals surface area contributed by atoms with Gasteiger partial charge in [0, 0.05) is 16.4 Å². The van der Waals surface area contributed by atoms with E-state index in [0.29, 0.717) is 16.6 Å². The molecule has 6 heteroatoms. The number of hydrogen-bond acceptors (Lipinski definition) is 2. The molecule has 0 saturated heterocycles. The van der Waals surface area contributed by atoms with Crippen LogP contribution in [-0.2, 0) is 0 Å². The molecule has 0 aliphatic rings. The predicted molar refractivity (Wildman–Crippen MR) is 78.2 cm³/mol. The molecule has 0 radical (unpaired) electrons. The molecule has 0 aliphatic heterocycles. The van der Waals surface area contributed by atoms with Gasteiger partial charge in [0.1, 0.15) is 11.6 Å². The van der Waals surface area contributed by atoms with Crippen LogP contribution in [0, 0.1) is 5.82 Å². The number of rotatable bonds is 2. The van der Waals surface area contributed by atoms with Gasteiger partial charge in [-0.2, -0.15) is 0 Å². The number of thiocarbonyl (C=S) groups is 1. The molecule has 0 amide bonds. The normalized spacial score (nSPS) is 9.89. The summed E-state index contributed by atoms with van der Waals surface area (Å²) in [7, 11) is 0. The Morgan fingerprint density at radius 1 is 1.22 bits per heavy atom. The second-order valence-corrected chi connectivity index (χ2v) is 4.78. The first kappa shape index (κ1) is 12.9. The summed E-state index contributed by atoms with van der Waals surface area (Å²) in [5, 5.41) is 6.13. The molecule has 0 saturated carbocycles. The fourth-order valence-electron chi connectivity index (χ4n) is 1.29. The van der Waals surface area contributed by atoms with Crippen molar-refractivity contribution in [2.24, 2.45) is 0 Å². The molecule has 92 valence electrons. The SMILES string of the molecule is Fc1cccc(NC(=S)Nc2ccc(Br)cn2)c1. The van der Waals surface area contributed by atoms with Crippen LogP contribution in [0.5, 0.6) is 0 Å². The zero-order valence-corrected chi connectivity index (χ0v) is 11.6. The minimum Gasteiger partial charge on any atom is -0.332 e. The van der Waals surface area contributed by atoms with Gasteiger partial charge in [0.2, 0.25) is 0 Å². The highest BCUT2D eigenvalue weighted by atomic mass is 79.9. The quantitative estimate of drug-likeness (QED) is 0.824. The number of nitrogens with zero attached hydrogens (tertiary/aromatic N) is 1. The van der Waals surface area contributed by atoms with Crippen LogP contribution < -0.4 is 10.6 Å². The van der Waals surface area contributed by atoms with Crippen molar-refractivity contribution in [2.75, 3.05) is 10.6 Å². The summed E-state index contributed by atoms with van der Waals surface area (Å²) in [5.41, 5.74) is 0.588. The summed E-state index contributed by atoms with van der Waals surface area (Å²) in [6.07, 6.45) is 1.66. The van der Waals surface area contributed by atoms with Gasteiger partial charge >= 0.3 is 0 Å². The molecule has 2 aromatic rings. The van der Waals surface area contributed by atoms with Crippen LogP contribution in [0.25, 0.3) is 0 Å². The van der Waals surface area contributed by atoms with Crippen LogP contribution in [0.1, 0.15) is 0 Å². The van der Waals surface area contributed by atoms with Gasteiger partial charge in [-0.15, -0.1) is 0 Å². The number of anilines is 2. The Labute approximate surface area is 118 Å². The highest BCUT2D eigenvalue weighted by molar-refractivity contribution is 9.10. The van der Waals surface area contributed by atoms with Gasteiger partial charge in [-0.1, -0.05) is 6.07 Å². The van der Waals surface area contributed by atoms with E-state index in [1.165, 1.54) is 12.1 Å². The molecule has 0 unspecified atom stereocenters. The lowest BCUT2D eigenvalue weighted by Crippen LogP contribution is -2.19. The van der Waals surface area contributed by atoms with Crippen LogP contribution in [0.4, 0.5) is 15.9 Å². The van der Waals surface area contributed by atoms with E-state index in [1.54, 1.807) is 24.4 Å². The summed E-state index contributed by atoms with van der Waals surface area (Å²) in [6, 6.07) is 9.70. The second-order valence-electron chi connectivity index (χ2n) is 3.45. The fourth-order valence-corrected chi connectivity index (χ4v) is 1.75. The first-order valence-electron chi connectivity index (χ1n) is 5.08. The first-order valence-corrected chi connectivity index (χ1v) is 6.29. The number of halogens is 2. The Balaban J connectivity index is 1.98. The maximum atomic E-state index is 13.0. The summed E-state index contributed by atoms with van der Waals surface area (Å²) in [5.74, 6) is 0.302. The molecule has 3 nitrogen and oxygen atoms in total. The van der Waals surface area contributed by atoms with Gasteiger partial charge < -0.3 is 10.6 Å². The summed E-state index contributed by atoms with van der Waals surface area (Å²) in [6.45, 7) is 0. The maximum Gasteiger partial charge on any atom is 0.176 e. The molecule has 1 aromatic heterocycles.